The van der Waals surface area contributed by atoms with Gasteiger partial charge in [-0.3, -0.25) is 0 Å². The number of fused-ring (bicyclic) bond motifs is 5. The highest BCUT2D eigenvalue weighted by Gasteiger charge is 2.44. The van der Waals surface area contributed by atoms with Crippen LogP contribution in [0.4, 0.5) is 17.1 Å². The van der Waals surface area contributed by atoms with Crippen molar-refractivity contribution in [2.24, 2.45) is 5.41 Å². The van der Waals surface area contributed by atoms with Gasteiger partial charge in [0.2, 0.25) is 0 Å². The van der Waals surface area contributed by atoms with Gasteiger partial charge in [0.1, 0.15) is 6.17 Å². The minimum absolute atomic E-state index is 0.120. The second kappa shape index (κ2) is 6.50. The molecule has 2 unspecified atom stereocenters. The summed E-state index contributed by atoms with van der Waals surface area (Å²) in [5.74, 6) is 0.594. The zero-order valence-electron chi connectivity index (χ0n) is 16.4. The van der Waals surface area contributed by atoms with Gasteiger partial charge in [-0.05, 0) is 54.5 Å². The largest absolute Gasteiger partial charge is 0.362 e. The number of rotatable bonds is 4. The molecule has 2 aliphatic rings. The monoisotopic (exact) mass is 346 g/mol. The molecule has 2 atom stereocenters. The van der Waals surface area contributed by atoms with Gasteiger partial charge in [0.25, 0.3) is 0 Å². The van der Waals surface area contributed by atoms with Crippen LogP contribution in [-0.2, 0) is 0 Å². The molecule has 2 aromatic rings. The first kappa shape index (κ1) is 17.2. The van der Waals surface area contributed by atoms with Crippen LogP contribution in [0.25, 0.3) is 6.08 Å². The number of nitrogens with one attached hydrogen (secondary N) is 1. The topological polar surface area (TPSA) is 15.3 Å². The van der Waals surface area contributed by atoms with Crippen LogP contribution in [0.15, 0.2) is 48.5 Å². The molecule has 4 rings (SSSR count). The lowest BCUT2D eigenvalue weighted by molar-refractivity contribution is 0.306. The molecule has 26 heavy (non-hydrogen) atoms. The third kappa shape index (κ3) is 2.46. The third-order valence-electron chi connectivity index (χ3n) is 6.66. The average molecular weight is 347 g/mol. The van der Waals surface area contributed by atoms with E-state index < -0.39 is 0 Å². The summed E-state index contributed by atoms with van der Waals surface area (Å²) in [7, 11) is 0. The lowest BCUT2D eigenvalue weighted by Crippen LogP contribution is -2.45. The normalized spacial score (nSPS) is 20.6. The van der Waals surface area contributed by atoms with Crippen molar-refractivity contribution in [2.75, 3.05) is 10.2 Å². The molecule has 136 valence electrons. The zero-order valence-corrected chi connectivity index (χ0v) is 16.4. The predicted molar refractivity (Wildman–Crippen MR) is 113 cm³/mol. The van der Waals surface area contributed by atoms with Crippen LogP contribution in [-0.4, -0.2) is 6.17 Å². The van der Waals surface area contributed by atoms with Crippen LogP contribution < -0.4 is 10.2 Å². The van der Waals surface area contributed by atoms with Crippen molar-refractivity contribution in [1.29, 1.82) is 0 Å². The Morgan fingerprint density at radius 3 is 2.54 bits per heavy atom. The van der Waals surface area contributed by atoms with E-state index in [-0.39, 0.29) is 11.6 Å². The van der Waals surface area contributed by atoms with E-state index in [1.807, 2.05) is 0 Å². The highest BCUT2D eigenvalue weighted by atomic mass is 15.3. The SMILES string of the molecule is CCC(C)c1ccc2c(c1)NC1N2c2ccccc2C=CC1(CC)CC. The lowest BCUT2D eigenvalue weighted by atomic mass is 9.78. The molecule has 0 saturated heterocycles. The number of hydrogen-bond acceptors (Lipinski definition) is 2. The van der Waals surface area contributed by atoms with Gasteiger partial charge in [0, 0.05) is 5.41 Å². The van der Waals surface area contributed by atoms with Gasteiger partial charge in [-0.1, -0.05) is 64.1 Å². The fourth-order valence-electron chi connectivity index (χ4n) is 4.51. The maximum absolute atomic E-state index is 3.90. The van der Waals surface area contributed by atoms with E-state index in [9.17, 15) is 0 Å². The molecule has 2 nitrogen and oxygen atoms in total. The van der Waals surface area contributed by atoms with Crippen molar-refractivity contribution in [3.8, 4) is 0 Å². The fourth-order valence-corrected chi connectivity index (χ4v) is 4.51. The summed E-state index contributed by atoms with van der Waals surface area (Å²) in [6.07, 6.45) is 8.45. The number of para-hydroxylation sites is 1. The van der Waals surface area contributed by atoms with E-state index in [2.05, 4.69) is 92.5 Å². The van der Waals surface area contributed by atoms with Crippen LogP contribution >= 0.6 is 0 Å². The quantitative estimate of drug-likeness (QED) is 0.646. The zero-order chi connectivity index (χ0) is 18.3. The molecule has 0 aromatic heterocycles. The van der Waals surface area contributed by atoms with E-state index in [1.54, 1.807) is 0 Å². The van der Waals surface area contributed by atoms with Crippen LogP contribution in [0.5, 0.6) is 0 Å². The molecule has 0 saturated carbocycles. The highest BCUT2D eigenvalue weighted by molar-refractivity contribution is 5.87. The van der Waals surface area contributed by atoms with Gasteiger partial charge in [-0.15, -0.1) is 0 Å². The summed E-state index contributed by atoms with van der Waals surface area (Å²) in [5.41, 5.74) is 6.75. The Labute approximate surface area is 157 Å². The van der Waals surface area contributed by atoms with Crippen molar-refractivity contribution in [3.05, 3.63) is 59.7 Å². The Hall–Kier alpha value is -2.22. The molecule has 0 spiro atoms. The van der Waals surface area contributed by atoms with E-state index in [1.165, 1.54) is 34.6 Å². The lowest BCUT2D eigenvalue weighted by Gasteiger charge is -2.40. The second-order valence-electron chi connectivity index (χ2n) is 7.84. The van der Waals surface area contributed by atoms with Crippen molar-refractivity contribution in [2.45, 2.75) is 59.0 Å². The standard InChI is InChI=1S/C24H30N2/c1-5-17(4)19-12-13-22-20(16-19)25-23-24(6-2,7-3)15-14-18-10-8-9-11-21(18)26(22)23/h8-17,23,25H,5-7H2,1-4H3. The summed E-state index contributed by atoms with van der Waals surface area (Å²) in [6, 6.07) is 15.8. The van der Waals surface area contributed by atoms with Gasteiger partial charge in [0.15, 0.2) is 0 Å². The van der Waals surface area contributed by atoms with E-state index >= 15 is 0 Å². The summed E-state index contributed by atoms with van der Waals surface area (Å²) < 4.78 is 0. The van der Waals surface area contributed by atoms with Gasteiger partial charge in [-0.25, -0.2) is 0 Å². The van der Waals surface area contributed by atoms with E-state index in [0.717, 1.165) is 12.8 Å². The molecule has 0 amide bonds. The Morgan fingerprint density at radius 2 is 1.81 bits per heavy atom. The van der Waals surface area contributed by atoms with Crippen molar-refractivity contribution in [1.82, 2.24) is 0 Å². The molecular formula is C24H30N2. The van der Waals surface area contributed by atoms with Crippen LogP contribution in [0.1, 0.15) is 64.0 Å². The molecule has 0 fully saturated rings. The molecule has 1 N–H and O–H groups in total. The van der Waals surface area contributed by atoms with E-state index in [0.29, 0.717) is 5.92 Å². The minimum Gasteiger partial charge on any atom is -0.362 e. The summed E-state index contributed by atoms with van der Waals surface area (Å²) in [6.45, 7) is 9.21. The molecule has 0 radical (unpaired) electrons. The Balaban J connectivity index is 1.89. The Morgan fingerprint density at radius 1 is 1.04 bits per heavy atom. The van der Waals surface area contributed by atoms with Crippen LogP contribution in [0, 0.1) is 5.41 Å². The first-order valence-corrected chi connectivity index (χ1v) is 10.1. The number of nitrogens with zero attached hydrogens (tertiary/aromatic N) is 1. The Bertz CT molecular complexity index is 832. The smallest absolute Gasteiger partial charge is 0.113 e. The first-order chi connectivity index (χ1) is 12.6. The number of benzene rings is 2. The molecule has 0 bridgehead atoms. The van der Waals surface area contributed by atoms with Crippen LogP contribution in [0.3, 0.4) is 0 Å². The van der Waals surface area contributed by atoms with Crippen molar-refractivity contribution >= 4 is 23.1 Å². The van der Waals surface area contributed by atoms with Gasteiger partial charge >= 0.3 is 0 Å². The maximum atomic E-state index is 3.90. The Kier molecular flexibility index (Phi) is 4.30. The molecule has 2 heterocycles. The summed E-state index contributed by atoms with van der Waals surface area (Å²) in [4.78, 5) is 2.54. The maximum Gasteiger partial charge on any atom is 0.113 e. The molecule has 2 aromatic carbocycles. The molecule has 2 aliphatic heterocycles. The average Bonchev–Trinajstić information content (AvgIpc) is 3.01. The fraction of sp³-hybridized carbons (Fsp3) is 0.417. The number of anilines is 3. The van der Waals surface area contributed by atoms with Crippen molar-refractivity contribution < 1.29 is 0 Å². The van der Waals surface area contributed by atoms with Gasteiger partial charge in [-0.2, -0.15) is 0 Å². The predicted octanol–water partition coefficient (Wildman–Crippen LogP) is 6.92. The van der Waals surface area contributed by atoms with Crippen molar-refractivity contribution in [3.63, 3.8) is 0 Å². The first-order valence-electron chi connectivity index (χ1n) is 10.1. The molecule has 0 aliphatic carbocycles. The van der Waals surface area contributed by atoms with Gasteiger partial charge in [0.05, 0.1) is 17.1 Å². The molecule has 2 heteroatoms. The minimum atomic E-state index is 0.120. The summed E-state index contributed by atoms with van der Waals surface area (Å²) >= 11 is 0. The third-order valence-corrected chi connectivity index (χ3v) is 6.66. The summed E-state index contributed by atoms with van der Waals surface area (Å²) in [5, 5.41) is 3.90. The van der Waals surface area contributed by atoms with Gasteiger partial charge < -0.3 is 10.2 Å². The highest BCUT2D eigenvalue weighted by Crippen LogP contribution is 2.51. The molecular weight excluding hydrogens is 316 g/mol. The number of hydrogen-bond donors (Lipinski definition) is 1. The van der Waals surface area contributed by atoms with E-state index in [4.69, 9.17) is 0 Å². The second-order valence-corrected chi connectivity index (χ2v) is 7.84. The van der Waals surface area contributed by atoms with Crippen LogP contribution in [0.2, 0.25) is 0 Å².